The van der Waals surface area contributed by atoms with Crippen molar-refractivity contribution in [2.24, 2.45) is 5.41 Å². The highest BCUT2D eigenvalue weighted by atomic mass is 16.6. The fraction of sp³-hybridized carbons (Fsp3) is 0.375. The number of hydrogen-bond acceptors (Lipinski definition) is 2. The van der Waals surface area contributed by atoms with Crippen LogP contribution in [-0.2, 0) is 15.1 Å². The SMILES string of the molecule is CCC(C)(C)C(=O)OC(C)(CC)c1ccc2cc3ccccc3cc2c1. The van der Waals surface area contributed by atoms with Gasteiger partial charge in [-0.1, -0.05) is 50.2 Å². The summed E-state index contributed by atoms with van der Waals surface area (Å²) in [5.41, 5.74) is -0.0460. The third kappa shape index (κ3) is 3.33. The minimum atomic E-state index is -0.622. The maximum absolute atomic E-state index is 12.7. The Hall–Kier alpha value is -2.35. The summed E-state index contributed by atoms with van der Waals surface area (Å²) in [5.74, 6) is -0.136. The molecule has 1 unspecified atom stereocenters. The van der Waals surface area contributed by atoms with Gasteiger partial charge in [-0.15, -0.1) is 0 Å². The Morgan fingerprint density at radius 2 is 1.38 bits per heavy atom. The van der Waals surface area contributed by atoms with Gasteiger partial charge in [0.25, 0.3) is 0 Å². The average molecular weight is 348 g/mol. The molecule has 0 radical (unpaired) electrons. The lowest BCUT2D eigenvalue weighted by Gasteiger charge is -2.33. The molecule has 0 N–H and O–H groups in total. The molecule has 0 amide bonds. The Balaban J connectivity index is 2.03. The predicted molar refractivity (Wildman–Crippen MR) is 109 cm³/mol. The van der Waals surface area contributed by atoms with Gasteiger partial charge in [0.1, 0.15) is 5.60 Å². The molecule has 0 spiro atoms. The molecule has 0 aliphatic heterocycles. The van der Waals surface area contributed by atoms with Crippen molar-refractivity contribution in [3.05, 3.63) is 60.2 Å². The first-order valence-electron chi connectivity index (χ1n) is 9.45. The largest absolute Gasteiger partial charge is 0.454 e. The Morgan fingerprint density at radius 3 is 1.96 bits per heavy atom. The summed E-state index contributed by atoms with van der Waals surface area (Å²) in [6.07, 6.45) is 1.49. The quantitative estimate of drug-likeness (QED) is 0.383. The number of fused-ring (bicyclic) bond motifs is 2. The number of carbonyl (C=O) groups is 1. The standard InChI is InChI=1S/C24H28O2/c1-6-23(3,4)22(25)26-24(5,7-2)21-13-12-19-14-17-10-8-9-11-18(17)15-20(19)16-21/h8-16H,6-7H2,1-5H3. The van der Waals surface area contributed by atoms with E-state index >= 15 is 0 Å². The molecule has 3 aromatic rings. The van der Waals surface area contributed by atoms with Crippen molar-refractivity contribution in [2.45, 2.75) is 53.1 Å². The summed E-state index contributed by atoms with van der Waals surface area (Å²) in [6.45, 7) is 9.98. The zero-order valence-electron chi connectivity index (χ0n) is 16.4. The van der Waals surface area contributed by atoms with E-state index in [0.29, 0.717) is 0 Å². The van der Waals surface area contributed by atoms with E-state index in [4.69, 9.17) is 4.74 Å². The van der Waals surface area contributed by atoms with E-state index in [1.165, 1.54) is 21.5 Å². The van der Waals surface area contributed by atoms with Gasteiger partial charge in [0.15, 0.2) is 0 Å². The van der Waals surface area contributed by atoms with E-state index in [9.17, 15) is 4.79 Å². The van der Waals surface area contributed by atoms with Crippen molar-refractivity contribution < 1.29 is 9.53 Å². The van der Waals surface area contributed by atoms with Crippen molar-refractivity contribution in [1.82, 2.24) is 0 Å². The van der Waals surface area contributed by atoms with Crippen LogP contribution in [-0.4, -0.2) is 5.97 Å². The molecule has 0 aromatic heterocycles. The highest BCUT2D eigenvalue weighted by Gasteiger charge is 2.35. The van der Waals surface area contributed by atoms with Crippen LogP contribution in [0, 0.1) is 5.41 Å². The average Bonchev–Trinajstić information content (AvgIpc) is 2.65. The van der Waals surface area contributed by atoms with Crippen molar-refractivity contribution in [3.8, 4) is 0 Å². The Kier molecular flexibility index (Phi) is 4.79. The summed E-state index contributed by atoms with van der Waals surface area (Å²) in [7, 11) is 0. The lowest BCUT2D eigenvalue weighted by molar-refractivity contribution is -0.170. The van der Waals surface area contributed by atoms with Crippen LogP contribution >= 0.6 is 0 Å². The van der Waals surface area contributed by atoms with Crippen LogP contribution in [0.3, 0.4) is 0 Å². The van der Waals surface area contributed by atoms with Crippen LogP contribution < -0.4 is 0 Å². The molecule has 0 heterocycles. The number of benzene rings is 3. The minimum absolute atomic E-state index is 0.136. The highest BCUT2D eigenvalue weighted by molar-refractivity contribution is 5.98. The van der Waals surface area contributed by atoms with E-state index in [1.807, 2.05) is 27.7 Å². The van der Waals surface area contributed by atoms with E-state index in [-0.39, 0.29) is 5.97 Å². The van der Waals surface area contributed by atoms with Gasteiger partial charge in [-0.3, -0.25) is 4.79 Å². The third-order valence-electron chi connectivity index (χ3n) is 5.74. The Labute approximate surface area is 156 Å². The molecule has 1 atom stereocenters. The molecule has 0 aliphatic carbocycles. The first-order valence-corrected chi connectivity index (χ1v) is 9.45. The predicted octanol–water partition coefficient (Wildman–Crippen LogP) is 6.60. The molecule has 2 heteroatoms. The Bertz CT molecular complexity index is 955. The maximum atomic E-state index is 12.7. The van der Waals surface area contributed by atoms with Crippen molar-refractivity contribution >= 4 is 27.5 Å². The molecular weight excluding hydrogens is 320 g/mol. The van der Waals surface area contributed by atoms with E-state index < -0.39 is 11.0 Å². The van der Waals surface area contributed by atoms with Crippen molar-refractivity contribution in [1.29, 1.82) is 0 Å². The summed E-state index contributed by atoms with van der Waals surface area (Å²) < 4.78 is 6.03. The summed E-state index contributed by atoms with van der Waals surface area (Å²) in [6, 6.07) is 19.2. The normalized spacial score (nSPS) is 14.3. The van der Waals surface area contributed by atoms with Crippen LogP contribution in [0.2, 0.25) is 0 Å². The summed E-state index contributed by atoms with van der Waals surface area (Å²) in [4.78, 5) is 12.7. The van der Waals surface area contributed by atoms with Gasteiger partial charge in [-0.25, -0.2) is 0 Å². The van der Waals surface area contributed by atoms with Gasteiger partial charge in [-0.05, 0) is 78.9 Å². The minimum Gasteiger partial charge on any atom is -0.454 e. The molecule has 3 rings (SSSR count). The lowest BCUT2D eigenvalue weighted by Crippen LogP contribution is -2.35. The second-order valence-corrected chi connectivity index (χ2v) is 7.97. The van der Waals surface area contributed by atoms with Crippen LogP contribution in [0.1, 0.15) is 53.0 Å². The lowest BCUT2D eigenvalue weighted by atomic mass is 9.87. The molecule has 3 aromatic carbocycles. The highest BCUT2D eigenvalue weighted by Crippen LogP contribution is 2.35. The molecule has 0 saturated heterocycles. The van der Waals surface area contributed by atoms with Crippen molar-refractivity contribution in [3.63, 3.8) is 0 Å². The van der Waals surface area contributed by atoms with E-state index in [1.54, 1.807) is 0 Å². The number of esters is 1. The van der Waals surface area contributed by atoms with Gasteiger partial charge in [-0.2, -0.15) is 0 Å². The van der Waals surface area contributed by atoms with Crippen LogP contribution in [0.5, 0.6) is 0 Å². The van der Waals surface area contributed by atoms with Crippen LogP contribution in [0.25, 0.3) is 21.5 Å². The number of rotatable bonds is 5. The second-order valence-electron chi connectivity index (χ2n) is 7.97. The molecular formula is C24H28O2. The van der Waals surface area contributed by atoms with Gasteiger partial charge >= 0.3 is 5.97 Å². The van der Waals surface area contributed by atoms with E-state index in [0.717, 1.165) is 18.4 Å². The summed E-state index contributed by atoms with van der Waals surface area (Å²) >= 11 is 0. The van der Waals surface area contributed by atoms with E-state index in [2.05, 4.69) is 61.5 Å². The molecule has 26 heavy (non-hydrogen) atoms. The van der Waals surface area contributed by atoms with Gasteiger partial charge < -0.3 is 4.74 Å². The molecule has 136 valence electrons. The fourth-order valence-electron chi connectivity index (χ4n) is 3.09. The monoisotopic (exact) mass is 348 g/mol. The number of hydrogen-bond donors (Lipinski definition) is 0. The molecule has 0 saturated carbocycles. The van der Waals surface area contributed by atoms with Crippen LogP contribution in [0.4, 0.5) is 0 Å². The molecule has 0 bridgehead atoms. The second kappa shape index (κ2) is 6.75. The molecule has 0 aliphatic rings. The zero-order chi connectivity index (χ0) is 18.9. The Morgan fingerprint density at radius 1 is 0.808 bits per heavy atom. The van der Waals surface area contributed by atoms with Crippen LogP contribution in [0.15, 0.2) is 54.6 Å². The zero-order valence-corrected chi connectivity index (χ0v) is 16.4. The summed E-state index contributed by atoms with van der Waals surface area (Å²) in [5, 5.41) is 4.83. The first-order chi connectivity index (χ1) is 12.3. The number of ether oxygens (including phenoxy) is 1. The smallest absolute Gasteiger partial charge is 0.312 e. The van der Waals surface area contributed by atoms with Gasteiger partial charge in [0.2, 0.25) is 0 Å². The first kappa shape index (κ1) is 18.4. The third-order valence-corrected chi connectivity index (χ3v) is 5.74. The van der Waals surface area contributed by atoms with Gasteiger partial charge in [0, 0.05) is 0 Å². The molecule has 2 nitrogen and oxygen atoms in total. The molecule has 0 fully saturated rings. The van der Waals surface area contributed by atoms with Crippen molar-refractivity contribution in [2.75, 3.05) is 0 Å². The fourth-order valence-corrected chi connectivity index (χ4v) is 3.09. The number of carbonyl (C=O) groups excluding carboxylic acids is 1. The topological polar surface area (TPSA) is 26.3 Å². The van der Waals surface area contributed by atoms with Gasteiger partial charge in [0.05, 0.1) is 5.41 Å². The maximum Gasteiger partial charge on any atom is 0.312 e.